The molecule has 14 heteroatoms. The molecule has 6 rings (SSSR count). The standard InChI is InChI=1S/C32H34ClF2N7O3S/c1-32(2,3)45-31(43)42-12-10-41(11-13-42)27-19-14-21(33)23(18-7-8-22(34)28-26(18)39-30(37)46-28)24(35)25(19)38-29(20(27)15-36)44-16-17-6-5-9-40(17)4/h7-8,14,17H,5-6,9-13,16H2,1-4H3,(H2,37,39)/t17-/m0/s1. The molecule has 2 aliphatic rings. The number of rotatable bonds is 5. The second-order valence-corrected chi connectivity index (χ2v) is 14.0. The number of pyridine rings is 1. The molecule has 0 unspecified atom stereocenters. The van der Waals surface area contributed by atoms with E-state index in [9.17, 15) is 14.4 Å². The quantitative estimate of drug-likeness (QED) is 0.256. The van der Waals surface area contributed by atoms with Gasteiger partial charge in [0.1, 0.15) is 35.2 Å². The van der Waals surface area contributed by atoms with Crippen LogP contribution in [0.25, 0.3) is 32.2 Å². The number of halogens is 3. The van der Waals surface area contributed by atoms with E-state index in [-0.39, 0.29) is 61.1 Å². The number of ether oxygens (including phenoxy) is 2. The lowest BCUT2D eigenvalue weighted by Gasteiger charge is -2.37. The number of hydrogen-bond acceptors (Lipinski definition) is 10. The Morgan fingerprint density at radius 2 is 1.91 bits per heavy atom. The van der Waals surface area contributed by atoms with Gasteiger partial charge >= 0.3 is 6.09 Å². The van der Waals surface area contributed by atoms with Crippen molar-refractivity contribution in [2.24, 2.45) is 0 Å². The van der Waals surface area contributed by atoms with E-state index >= 15 is 4.39 Å². The number of likely N-dealkylation sites (tertiary alicyclic amines) is 1. The van der Waals surface area contributed by atoms with Crippen LogP contribution in [0.15, 0.2) is 18.2 Å². The van der Waals surface area contributed by atoms with E-state index in [1.54, 1.807) is 31.7 Å². The summed E-state index contributed by atoms with van der Waals surface area (Å²) in [5, 5.41) is 10.9. The number of carbonyl (C=O) groups excluding carboxylic acids is 1. The van der Waals surface area contributed by atoms with Gasteiger partial charge in [0.25, 0.3) is 0 Å². The van der Waals surface area contributed by atoms with E-state index in [4.69, 9.17) is 26.8 Å². The van der Waals surface area contributed by atoms with E-state index < -0.39 is 23.3 Å². The van der Waals surface area contributed by atoms with Gasteiger partial charge in [-0.2, -0.15) is 5.26 Å². The predicted octanol–water partition coefficient (Wildman–Crippen LogP) is 6.43. The summed E-state index contributed by atoms with van der Waals surface area (Å²) in [5.74, 6) is -1.28. The topological polar surface area (TPSA) is 121 Å². The number of benzene rings is 2. The van der Waals surface area contributed by atoms with Crippen molar-refractivity contribution in [3.05, 3.63) is 40.4 Å². The normalized spacial score (nSPS) is 17.6. The minimum absolute atomic E-state index is 0.00852. The van der Waals surface area contributed by atoms with Gasteiger partial charge in [-0.15, -0.1) is 0 Å². The molecule has 0 bridgehead atoms. The van der Waals surface area contributed by atoms with E-state index in [2.05, 4.69) is 20.9 Å². The monoisotopic (exact) mass is 669 g/mol. The third-order valence-electron chi connectivity index (χ3n) is 8.34. The first-order chi connectivity index (χ1) is 21.9. The zero-order valence-corrected chi connectivity index (χ0v) is 27.6. The van der Waals surface area contributed by atoms with Crippen LogP contribution in [-0.2, 0) is 4.74 Å². The molecule has 1 atom stereocenters. The molecule has 2 saturated heterocycles. The summed E-state index contributed by atoms with van der Waals surface area (Å²) in [4.78, 5) is 27.3. The van der Waals surface area contributed by atoms with Crippen molar-refractivity contribution in [1.82, 2.24) is 19.8 Å². The Bertz CT molecular complexity index is 1880. The van der Waals surface area contributed by atoms with Crippen LogP contribution in [0, 0.1) is 23.0 Å². The molecular formula is C32H34ClF2N7O3S. The van der Waals surface area contributed by atoms with Gasteiger partial charge in [0.2, 0.25) is 5.88 Å². The van der Waals surface area contributed by atoms with Crippen molar-refractivity contribution in [3.63, 3.8) is 0 Å². The highest BCUT2D eigenvalue weighted by molar-refractivity contribution is 7.22. The van der Waals surface area contributed by atoms with E-state index in [1.807, 2.05) is 11.9 Å². The Kier molecular flexibility index (Phi) is 8.56. The predicted molar refractivity (Wildman–Crippen MR) is 176 cm³/mol. The molecule has 10 nitrogen and oxygen atoms in total. The number of nitrogens with zero attached hydrogens (tertiary/aromatic N) is 6. The minimum Gasteiger partial charge on any atom is -0.475 e. The molecule has 2 N–H and O–H groups in total. The SMILES string of the molecule is CN1CCC[C@H]1COc1nc2c(F)c(-c3ccc(F)c4sc(N)nc34)c(Cl)cc2c(N2CCN(C(=O)OC(C)(C)C)CC2)c1C#N. The van der Waals surface area contributed by atoms with E-state index in [0.717, 1.165) is 30.7 Å². The highest BCUT2D eigenvalue weighted by atomic mass is 35.5. The summed E-state index contributed by atoms with van der Waals surface area (Å²) in [6.45, 7) is 7.95. The van der Waals surface area contributed by atoms with Crippen molar-refractivity contribution in [2.45, 2.75) is 45.3 Å². The molecule has 4 aromatic rings. The molecule has 4 heterocycles. The third-order valence-corrected chi connectivity index (χ3v) is 9.53. The molecule has 0 spiro atoms. The molecule has 2 fully saturated rings. The Hall–Kier alpha value is -3.99. The minimum atomic E-state index is -0.761. The zero-order chi connectivity index (χ0) is 32.9. The van der Waals surface area contributed by atoms with Crippen molar-refractivity contribution in [2.75, 3.05) is 57.0 Å². The number of hydrogen-bond donors (Lipinski definition) is 1. The maximum atomic E-state index is 16.8. The maximum Gasteiger partial charge on any atom is 0.410 e. The molecule has 2 aliphatic heterocycles. The highest BCUT2D eigenvalue weighted by Crippen LogP contribution is 2.45. The average molecular weight is 670 g/mol. The molecule has 2 aromatic heterocycles. The van der Waals surface area contributed by atoms with Crippen LogP contribution in [0.4, 0.5) is 24.4 Å². The summed E-state index contributed by atoms with van der Waals surface area (Å²) in [6, 6.07) is 6.58. The van der Waals surface area contributed by atoms with Crippen molar-refractivity contribution in [1.29, 1.82) is 5.26 Å². The highest BCUT2D eigenvalue weighted by Gasteiger charge is 2.32. The molecular weight excluding hydrogens is 636 g/mol. The van der Waals surface area contributed by atoms with Crippen molar-refractivity contribution < 1.29 is 23.0 Å². The van der Waals surface area contributed by atoms with Gasteiger partial charge in [-0.05, 0) is 65.4 Å². The molecule has 46 heavy (non-hydrogen) atoms. The van der Waals surface area contributed by atoms with Crippen LogP contribution in [0.2, 0.25) is 5.02 Å². The lowest BCUT2D eigenvalue weighted by atomic mass is 9.99. The Morgan fingerprint density at radius 1 is 1.17 bits per heavy atom. The van der Waals surface area contributed by atoms with Crippen LogP contribution < -0.4 is 15.4 Å². The second kappa shape index (κ2) is 12.3. The smallest absolute Gasteiger partial charge is 0.410 e. The van der Waals surface area contributed by atoms with Crippen molar-refractivity contribution in [3.8, 4) is 23.1 Å². The first-order valence-corrected chi connectivity index (χ1v) is 16.2. The van der Waals surface area contributed by atoms with Gasteiger partial charge in [-0.1, -0.05) is 22.9 Å². The number of anilines is 2. The van der Waals surface area contributed by atoms with Gasteiger partial charge in [-0.3, -0.25) is 0 Å². The van der Waals surface area contributed by atoms with Crippen LogP contribution in [-0.4, -0.2) is 83.9 Å². The molecule has 0 saturated carbocycles. The molecule has 1 amide bonds. The largest absolute Gasteiger partial charge is 0.475 e. The fourth-order valence-electron chi connectivity index (χ4n) is 6.07. The first kappa shape index (κ1) is 32.0. The fraction of sp³-hybridized carbons (Fsp3) is 0.438. The van der Waals surface area contributed by atoms with Gasteiger partial charge in [0.15, 0.2) is 10.9 Å². The summed E-state index contributed by atoms with van der Waals surface area (Å²) in [5.41, 5.74) is 6.21. The number of piperazine rings is 1. The Labute approximate surface area is 274 Å². The fourth-order valence-corrected chi connectivity index (χ4v) is 7.13. The average Bonchev–Trinajstić information content (AvgIpc) is 3.61. The molecule has 0 aliphatic carbocycles. The maximum absolute atomic E-state index is 16.8. The molecule has 0 radical (unpaired) electrons. The number of amides is 1. The zero-order valence-electron chi connectivity index (χ0n) is 26.0. The van der Waals surface area contributed by atoms with Crippen molar-refractivity contribution >= 4 is 61.0 Å². The third kappa shape index (κ3) is 5.97. The van der Waals surface area contributed by atoms with Crippen LogP contribution in [0.1, 0.15) is 39.2 Å². The Balaban J connectivity index is 1.48. The summed E-state index contributed by atoms with van der Waals surface area (Å²) < 4.78 is 43.4. The van der Waals surface area contributed by atoms with Crippen LogP contribution in [0.5, 0.6) is 5.88 Å². The second-order valence-electron chi connectivity index (χ2n) is 12.6. The van der Waals surface area contributed by atoms with Gasteiger partial charge < -0.3 is 29.9 Å². The summed E-state index contributed by atoms with van der Waals surface area (Å²) in [7, 11) is 2.01. The lowest BCUT2D eigenvalue weighted by molar-refractivity contribution is 0.0240. The number of thiazole rings is 1. The number of carbonyl (C=O) groups is 1. The number of nitrogens with two attached hydrogens (primary N) is 1. The van der Waals surface area contributed by atoms with E-state index in [0.29, 0.717) is 37.3 Å². The van der Waals surface area contributed by atoms with Crippen LogP contribution in [0.3, 0.4) is 0 Å². The number of likely N-dealkylation sites (N-methyl/N-ethyl adjacent to an activating group) is 1. The summed E-state index contributed by atoms with van der Waals surface area (Å²) >= 11 is 7.76. The Morgan fingerprint density at radius 3 is 2.57 bits per heavy atom. The van der Waals surface area contributed by atoms with Gasteiger partial charge in [-0.25, -0.2) is 23.5 Å². The number of nitrogen functional groups attached to an aromatic ring is 1. The molecule has 242 valence electrons. The lowest BCUT2D eigenvalue weighted by Crippen LogP contribution is -2.50. The molecule has 2 aromatic carbocycles. The van der Waals surface area contributed by atoms with Crippen LogP contribution >= 0.6 is 22.9 Å². The number of aromatic nitrogens is 2. The first-order valence-electron chi connectivity index (χ1n) is 15.0. The van der Waals surface area contributed by atoms with Gasteiger partial charge in [0, 0.05) is 48.7 Å². The number of nitriles is 1. The van der Waals surface area contributed by atoms with Gasteiger partial charge in [0.05, 0.1) is 20.9 Å². The summed E-state index contributed by atoms with van der Waals surface area (Å²) in [6.07, 6.45) is 1.53. The number of fused-ring (bicyclic) bond motifs is 2. The van der Waals surface area contributed by atoms with E-state index in [1.165, 1.54) is 12.1 Å².